The molecule has 1 heterocycles. The molecule has 0 saturated carbocycles. The van der Waals surface area contributed by atoms with Gasteiger partial charge < -0.3 is 19.5 Å². The van der Waals surface area contributed by atoms with Gasteiger partial charge in [-0.25, -0.2) is 0 Å². The Hall–Kier alpha value is -1.60. The number of ether oxygens (including phenoxy) is 2. The molecule has 114 valence electrons. The Labute approximate surface area is 130 Å². The summed E-state index contributed by atoms with van der Waals surface area (Å²) in [5.41, 5.74) is 0.233. The molecule has 1 aliphatic heterocycles. The second-order valence-corrected chi connectivity index (χ2v) is 5.60. The molecule has 0 aliphatic carbocycles. The van der Waals surface area contributed by atoms with E-state index in [-0.39, 0.29) is 35.7 Å². The van der Waals surface area contributed by atoms with Gasteiger partial charge in [0.15, 0.2) is 0 Å². The Bertz CT molecular complexity index is 548. The number of hydrogen-bond acceptors (Lipinski definition) is 5. The minimum Gasteiger partial charge on any atom is -0.507 e. The summed E-state index contributed by atoms with van der Waals surface area (Å²) >= 11 is 3.23. The van der Waals surface area contributed by atoms with E-state index < -0.39 is 0 Å². The number of rotatable bonds is 3. The van der Waals surface area contributed by atoms with Crippen LogP contribution in [-0.4, -0.2) is 54.8 Å². The van der Waals surface area contributed by atoms with Crippen LogP contribution in [0.5, 0.6) is 5.75 Å². The van der Waals surface area contributed by atoms with E-state index in [1.54, 1.807) is 17.0 Å². The molecule has 1 saturated heterocycles. The highest BCUT2D eigenvalue weighted by molar-refractivity contribution is 9.10. The maximum Gasteiger partial charge on any atom is 0.308 e. The number of phenolic OH excluding ortho intramolecular Hbond substituents is 1. The third kappa shape index (κ3) is 3.95. The Morgan fingerprint density at radius 1 is 1.52 bits per heavy atom. The van der Waals surface area contributed by atoms with Gasteiger partial charge >= 0.3 is 5.97 Å². The van der Waals surface area contributed by atoms with E-state index in [0.29, 0.717) is 24.2 Å². The van der Waals surface area contributed by atoms with Crippen molar-refractivity contribution in [2.24, 2.45) is 0 Å². The molecule has 1 amide bonds. The van der Waals surface area contributed by atoms with E-state index in [4.69, 9.17) is 4.74 Å². The Morgan fingerprint density at radius 3 is 2.95 bits per heavy atom. The normalized spacial score (nSPS) is 18.4. The first-order valence-corrected chi connectivity index (χ1v) is 7.26. The van der Waals surface area contributed by atoms with Crippen molar-refractivity contribution < 1.29 is 24.2 Å². The predicted molar refractivity (Wildman–Crippen MR) is 78.1 cm³/mol. The Morgan fingerprint density at radius 2 is 2.29 bits per heavy atom. The van der Waals surface area contributed by atoms with E-state index in [1.807, 2.05) is 0 Å². The summed E-state index contributed by atoms with van der Waals surface area (Å²) in [5, 5.41) is 9.86. The number of halogens is 1. The van der Waals surface area contributed by atoms with Crippen LogP contribution in [0.2, 0.25) is 0 Å². The smallest absolute Gasteiger partial charge is 0.308 e. The molecule has 0 radical (unpaired) electrons. The van der Waals surface area contributed by atoms with Crippen molar-refractivity contribution in [2.45, 2.75) is 12.5 Å². The summed E-state index contributed by atoms with van der Waals surface area (Å²) in [4.78, 5) is 25.2. The van der Waals surface area contributed by atoms with Crippen LogP contribution in [-0.2, 0) is 14.3 Å². The average molecular weight is 358 g/mol. The highest BCUT2D eigenvalue weighted by Crippen LogP contribution is 2.24. The summed E-state index contributed by atoms with van der Waals surface area (Å²) in [6.07, 6.45) is -0.278. The molecule has 2 rings (SSSR count). The fraction of sp³-hybridized carbons (Fsp3) is 0.429. The van der Waals surface area contributed by atoms with E-state index in [1.165, 1.54) is 13.2 Å². The molecule has 0 spiro atoms. The number of methoxy groups -OCH3 is 1. The molecule has 7 heteroatoms. The lowest BCUT2D eigenvalue weighted by Gasteiger charge is -2.32. The van der Waals surface area contributed by atoms with E-state index >= 15 is 0 Å². The number of aromatic hydroxyl groups is 1. The molecule has 21 heavy (non-hydrogen) atoms. The molecule has 1 aliphatic rings. The fourth-order valence-electron chi connectivity index (χ4n) is 2.15. The van der Waals surface area contributed by atoms with Crippen molar-refractivity contribution in [1.82, 2.24) is 4.90 Å². The molecule has 1 fully saturated rings. The zero-order valence-corrected chi connectivity index (χ0v) is 13.1. The highest BCUT2D eigenvalue weighted by Gasteiger charge is 2.28. The zero-order chi connectivity index (χ0) is 15.4. The topological polar surface area (TPSA) is 76.1 Å². The van der Waals surface area contributed by atoms with Crippen LogP contribution < -0.4 is 0 Å². The lowest BCUT2D eigenvalue weighted by Crippen LogP contribution is -2.46. The van der Waals surface area contributed by atoms with Gasteiger partial charge in [0, 0.05) is 17.6 Å². The van der Waals surface area contributed by atoms with Crippen molar-refractivity contribution in [3.8, 4) is 5.75 Å². The van der Waals surface area contributed by atoms with Gasteiger partial charge in [0.2, 0.25) is 0 Å². The second-order valence-electron chi connectivity index (χ2n) is 4.69. The van der Waals surface area contributed by atoms with Gasteiger partial charge in [-0.05, 0) is 18.2 Å². The van der Waals surface area contributed by atoms with Crippen LogP contribution in [0.3, 0.4) is 0 Å². The molecule has 0 bridgehead atoms. The lowest BCUT2D eigenvalue weighted by molar-refractivity contribution is -0.145. The number of carbonyl (C=O) groups excluding carboxylic acids is 2. The third-order valence-corrected chi connectivity index (χ3v) is 3.73. The maximum absolute atomic E-state index is 12.4. The monoisotopic (exact) mass is 357 g/mol. The number of morpholine rings is 1. The highest BCUT2D eigenvalue weighted by atomic mass is 79.9. The van der Waals surface area contributed by atoms with Gasteiger partial charge in [0.05, 0.1) is 31.8 Å². The number of hydrogen-bond donors (Lipinski definition) is 1. The number of phenols is 1. The van der Waals surface area contributed by atoms with Crippen molar-refractivity contribution in [3.63, 3.8) is 0 Å². The molecule has 1 atom stereocenters. The Balaban J connectivity index is 2.06. The lowest BCUT2D eigenvalue weighted by atomic mass is 10.1. The van der Waals surface area contributed by atoms with Gasteiger partial charge in [-0.1, -0.05) is 15.9 Å². The molecular formula is C14H16BrNO5. The minimum atomic E-state index is -0.382. The molecule has 1 aromatic carbocycles. The fourth-order valence-corrected chi connectivity index (χ4v) is 2.50. The predicted octanol–water partition coefficient (Wildman–Crippen LogP) is 1.56. The number of benzene rings is 1. The van der Waals surface area contributed by atoms with E-state index in [0.717, 1.165) is 0 Å². The van der Waals surface area contributed by atoms with Crippen LogP contribution in [0.25, 0.3) is 0 Å². The summed E-state index contributed by atoms with van der Waals surface area (Å²) in [5.74, 6) is -0.732. The first-order chi connectivity index (χ1) is 10.0. The number of amides is 1. The Kier molecular flexibility index (Phi) is 5.19. The average Bonchev–Trinajstić information content (AvgIpc) is 2.47. The quantitative estimate of drug-likeness (QED) is 0.830. The maximum atomic E-state index is 12.4. The molecule has 6 nitrogen and oxygen atoms in total. The van der Waals surface area contributed by atoms with Gasteiger partial charge in [0.25, 0.3) is 5.91 Å². The number of carbonyl (C=O) groups is 2. The van der Waals surface area contributed by atoms with Crippen molar-refractivity contribution >= 4 is 27.8 Å². The van der Waals surface area contributed by atoms with E-state index in [9.17, 15) is 14.7 Å². The first kappa shape index (κ1) is 15.8. The van der Waals surface area contributed by atoms with Crippen molar-refractivity contribution in [1.29, 1.82) is 0 Å². The molecule has 1 N–H and O–H groups in total. The van der Waals surface area contributed by atoms with Gasteiger partial charge in [-0.2, -0.15) is 0 Å². The SMILES string of the molecule is COC(=O)CC1CN(C(=O)c2ccc(Br)cc2O)CCO1. The molecule has 1 aromatic rings. The standard InChI is InChI=1S/C14H16BrNO5/c1-20-13(18)7-10-8-16(4-5-21-10)14(19)11-3-2-9(15)6-12(11)17/h2-3,6,10,17H,4-5,7-8H2,1H3. The number of esters is 1. The van der Waals surface area contributed by atoms with Crippen LogP contribution in [0.4, 0.5) is 0 Å². The van der Waals surface area contributed by atoms with Crippen LogP contribution in [0.1, 0.15) is 16.8 Å². The zero-order valence-electron chi connectivity index (χ0n) is 11.5. The first-order valence-electron chi connectivity index (χ1n) is 6.47. The van der Waals surface area contributed by atoms with E-state index in [2.05, 4.69) is 20.7 Å². The second kappa shape index (κ2) is 6.91. The summed E-state index contributed by atoms with van der Waals surface area (Å²) < 4.78 is 10.7. The van der Waals surface area contributed by atoms with Gasteiger partial charge in [-0.3, -0.25) is 9.59 Å². The molecular weight excluding hydrogens is 342 g/mol. The third-order valence-electron chi connectivity index (χ3n) is 3.24. The molecule has 1 unspecified atom stereocenters. The van der Waals surface area contributed by atoms with Crippen LogP contribution in [0, 0.1) is 0 Å². The minimum absolute atomic E-state index is 0.0783. The molecule has 0 aromatic heterocycles. The van der Waals surface area contributed by atoms with Crippen molar-refractivity contribution in [3.05, 3.63) is 28.2 Å². The van der Waals surface area contributed by atoms with Gasteiger partial charge in [-0.15, -0.1) is 0 Å². The number of nitrogens with zero attached hydrogens (tertiary/aromatic N) is 1. The van der Waals surface area contributed by atoms with Crippen molar-refractivity contribution in [2.75, 3.05) is 26.8 Å². The summed E-state index contributed by atoms with van der Waals surface area (Å²) in [6, 6.07) is 4.73. The summed E-state index contributed by atoms with van der Waals surface area (Å²) in [6.45, 7) is 1.07. The van der Waals surface area contributed by atoms with Crippen LogP contribution in [0.15, 0.2) is 22.7 Å². The van der Waals surface area contributed by atoms with Crippen LogP contribution >= 0.6 is 15.9 Å². The summed E-state index contributed by atoms with van der Waals surface area (Å²) in [7, 11) is 1.31. The van der Waals surface area contributed by atoms with Gasteiger partial charge in [0.1, 0.15) is 5.75 Å². The largest absolute Gasteiger partial charge is 0.507 e.